The molecule has 0 saturated carbocycles. The summed E-state index contributed by atoms with van der Waals surface area (Å²) in [5.74, 6) is -1.18. The van der Waals surface area contributed by atoms with Crippen LogP contribution in [-0.2, 0) is 11.8 Å². The summed E-state index contributed by atoms with van der Waals surface area (Å²) in [6, 6.07) is -0.726. The third-order valence-electron chi connectivity index (χ3n) is 3.74. The summed E-state index contributed by atoms with van der Waals surface area (Å²) < 4.78 is 1.68. The van der Waals surface area contributed by atoms with Crippen LogP contribution in [0.5, 0.6) is 0 Å². The topological polar surface area (TPSA) is 88.3 Å². The highest BCUT2D eigenvalue weighted by atomic mass is 32.1. The van der Waals surface area contributed by atoms with Crippen LogP contribution < -0.4 is 0 Å². The van der Waals surface area contributed by atoms with Gasteiger partial charge in [0, 0.05) is 25.4 Å². The van der Waals surface area contributed by atoms with Gasteiger partial charge in [0.1, 0.15) is 15.9 Å². The summed E-state index contributed by atoms with van der Waals surface area (Å²) in [5, 5.41) is 14.0. The van der Waals surface area contributed by atoms with Gasteiger partial charge >= 0.3 is 5.97 Å². The highest BCUT2D eigenvalue weighted by molar-refractivity contribution is 7.17. The second-order valence-corrected chi connectivity index (χ2v) is 6.33. The van der Waals surface area contributed by atoms with Gasteiger partial charge in [-0.2, -0.15) is 5.10 Å². The number of nitrogens with zero attached hydrogens (tertiary/aromatic N) is 4. The van der Waals surface area contributed by atoms with Crippen molar-refractivity contribution < 1.29 is 14.7 Å². The number of amides is 1. The molecule has 3 rings (SSSR count). The molecule has 0 bridgehead atoms. The fraction of sp³-hybridized carbons (Fsp3) is 0.429. The van der Waals surface area contributed by atoms with E-state index in [1.165, 1.54) is 16.2 Å². The Kier molecular flexibility index (Phi) is 3.69. The quantitative estimate of drug-likeness (QED) is 0.927. The van der Waals surface area contributed by atoms with Gasteiger partial charge in [-0.25, -0.2) is 9.78 Å². The smallest absolute Gasteiger partial charge is 0.326 e. The molecule has 8 heteroatoms. The molecule has 1 N–H and O–H groups in total. The Morgan fingerprint density at radius 3 is 2.86 bits per heavy atom. The Balaban J connectivity index is 1.90. The molecule has 1 saturated heterocycles. The van der Waals surface area contributed by atoms with Gasteiger partial charge < -0.3 is 10.0 Å². The molecular formula is C14H16N4O3S. The van der Waals surface area contributed by atoms with Gasteiger partial charge in [-0.15, -0.1) is 11.3 Å². The minimum absolute atomic E-state index is 0.241. The summed E-state index contributed by atoms with van der Waals surface area (Å²) >= 11 is 1.29. The van der Waals surface area contributed by atoms with E-state index in [1.54, 1.807) is 17.8 Å². The Bertz CT molecular complexity index is 736. The number of carboxylic acids is 1. The van der Waals surface area contributed by atoms with Crippen LogP contribution >= 0.6 is 11.3 Å². The van der Waals surface area contributed by atoms with E-state index in [9.17, 15) is 14.7 Å². The van der Waals surface area contributed by atoms with E-state index >= 15 is 0 Å². The van der Waals surface area contributed by atoms with E-state index in [2.05, 4.69) is 10.1 Å². The molecule has 2 aromatic heterocycles. The fourth-order valence-electron chi connectivity index (χ4n) is 2.65. The highest BCUT2D eigenvalue weighted by Crippen LogP contribution is 2.30. The van der Waals surface area contributed by atoms with Gasteiger partial charge in [0.25, 0.3) is 5.91 Å². The molecule has 0 spiro atoms. The Labute approximate surface area is 131 Å². The average molecular weight is 320 g/mol. The van der Waals surface area contributed by atoms with Crippen LogP contribution in [0, 0.1) is 6.92 Å². The number of hydrogen-bond donors (Lipinski definition) is 1. The Morgan fingerprint density at radius 1 is 1.45 bits per heavy atom. The van der Waals surface area contributed by atoms with E-state index in [4.69, 9.17) is 0 Å². The van der Waals surface area contributed by atoms with Gasteiger partial charge in [0.2, 0.25) is 0 Å². The lowest BCUT2D eigenvalue weighted by molar-refractivity contribution is -0.141. The molecule has 1 aliphatic rings. The molecule has 116 valence electrons. The van der Waals surface area contributed by atoms with Crippen molar-refractivity contribution in [2.75, 3.05) is 6.54 Å². The van der Waals surface area contributed by atoms with Gasteiger partial charge in [-0.05, 0) is 19.8 Å². The minimum Gasteiger partial charge on any atom is -0.480 e. The van der Waals surface area contributed by atoms with Crippen molar-refractivity contribution in [3.63, 3.8) is 0 Å². The van der Waals surface area contributed by atoms with E-state index in [1.807, 2.05) is 13.2 Å². The zero-order valence-electron chi connectivity index (χ0n) is 12.3. The SMILES string of the molecule is Cc1nc(-c2cnn(C)c2)sc1C(=O)N1CCC[C@@H]1C(=O)O. The van der Waals surface area contributed by atoms with Gasteiger partial charge in [0.05, 0.1) is 11.9 Å². The van der Waals surface area contributed by atoms with E-state index < -0.39 is 12.0 Å². The normalized spacial score (nSPS) is 17.9. The summed E-state index contributed by atoms with van der Waals surface area (Å²) in [4.78, 5) is 30.3. The van der Waals surface area contributed by atoms with Crippen LogP contribution in [0.15, 0.2) is 12.4 Å². The van der Waals surface area contributed by atoms with Crippen LogP contribution in [0.1, 0.15) is 28.2 Å². The molecule has 0 radical (unpaired) electrons. The van der Waals surface area contributed by atoms with Crippen LogP contribution in [0.25, 0.3) is 10.6 Å². The van der Waals surface area contributed by atoms with Crippen molar-refractivity contribution in [1.29, 1.82) is 0 Å². The third kappa shape index (κ3) is 2.50. The van der Waals surface area contributed by atoms with Crippen LogP contribution in [0.4, 0.5) is 0 Å². The maximum absolute atomic E-state index is 12.6. The van der Waals surface area contributed by atoms with Crippen molar-refractivity contribution in [3.8, 4) is 10.6 Å². The summed E-state index contributed by atoms with van der Waals surface area (Å²) in [6.07, 6.45) is 4.76. The number of carbonyl (C=O) groups excluding carboxylic acids is 1. The van der Waals surface area contributed by atoms with E-state index in [0.29, 0.717) is 23.5 Å². The number of hydrogen-bond acceptors (Lipinski definition) is 5. The van der Waals surface area contributed by atoms with Gasteiger partial charge in [0.15, 0.2) is 0 Å². The fourth-order valence-corrected chi connectivity index (χ4v) is 3.64. The number of likely N-dealkylation sites (tertiary alicyclic amines) is 1. The molecule has 0 aliphatic carbocycles. The standard InChI is InChI=1S/C14H16N4O3S/c1-8-11(13(19)18-5-3-4-10(18)14(20)21)22-12(16-8)9-6-15-17(2)7-9/h6-7,10H,3-5H2,1-2H3,(H,20,21)/t10-/m1/s1. The first-order chi connectivity index (χ1) is 10.5. The monoisotopic (exact) mass is 320 g/mol. The number of rotatable bonds is 3. The first-order valence-electron chi connectivity index (χ1n) is 6.97. The summed E-state index contributed by atoms with van der Waals surface area (Å²) in [5.41, 5.74) is 1.48. The predicted molar refractivity (Wildman–Crippen MR) is 80.7 cm³/mol. The van der Waals surface area contributed by atoms with Crippen molar-refractivity contribution in [2.45, 2.75) is 25.8 Å². The second-order valence-electron chi connectivity index (χ2n) is 5.33. The molecule has 7 nitrogen and oxygen atoms in total. The van der Waals surface area contributed by atoms with E-state index in [-0.39, 0.29) is 5.91 Å². The average Bonchev–Trinajstić information content (AvgIpc) is 3.16. The molecule has 1 atom stereocenters. The van der Waals surface area contributed by atoms with Crippen molar-refractivity contribution in [3.05, 3.63) is 23.0 Å². The molecule has 0 aromatic carbocycles. The first kappa shape index (κ1) is 14.7. The van der Waals surface area contributed by atoms with Gasteiger partial charge in [-0.3, -0.25) is 9.48 Å². The molecule has 1 aliphatic heterocycles. The lowest BCUT2D eigenvalue weighted by Crippen LogP contribution is -2.40. The molecular weight excluding hydrogens is 304 g/mol. The third-order valence-corrected chi connectivity index (χ3v) is 4.94. The lowest BCUT2D eigenvalue weighted by Gasteiger charge is -2.20. The molecule has 1 fully saturated rings. The Hall–Kier alpha value is -2.22. The molecule has 2 aromatic rings. The zero-order chi connectivity index (χ0) is 15.9. The number of aromatic nitrogens is 3. The number of carboxylic acid groups (broad SMARTS) is 1. The maximum Gasteiger partial charge on any atom is 0.326 e. The number of carbonyl (C=O) groups is 2. The molecule has 0 unspecified atom stereocenters. The molecule has 3 heterocycles. The van der Waals surface area contributed by atoms with Crippen LogP contribution in [0.2, 0.25) is 0 Å². The van der Waals surface area contributed by atoms with Crippen LogP contribution in [0.3, 0.4) is 0 Å². The minimum atomic E-state index is -0.944. The predicted octanol–water partition coefficient (Wildman–Crippen LogP) is 1.54. The lowest BCUT2D eigenvalue weighted by atomic mass is 10.2. The largest absolute Gasteiger partial charge is 0.480 e. The Morgan fingerprint density at radius 2 is 2.23 bits per heavy atom. The van der Waals surface area contributed by atoms with Crippen molar-refractivity contribution in [1.82, 2.24) is 19.7 Å². The maximum atomic E-state index is 12.6. The number of aliphatic carboxylic acids is 1. The highest BCUT2D eigenvalue weighted by Gasteiger charge is 2.35. The number of thiazole rings is 1. The van der Waals surface area contributed by atoms with Gasteiger partial charge in [-0.1, -0.05) is 0 Å². The summed E-state index contributed by atoms with van der Waals surface area (Å²) in [7, 11) is 1.82. The number of aryl methyl sites for hydroxylation is 2. The van der Waals surface area contributed by atoms with E-state index in [0.717, 1.165) is 17.0 Å². The second kappa shape index (κ2) is 5.53. The van der Waals surface area contributed by atoms with Crippen LogP contribution in [-0.4, -0.2) is 49.2 Å². The molecule has 1 amide bonds. The van der Waals surface area contributed by atoms with Crippen molar-refractivity contribution in [2.24, 2.45) is 7.05 Å². The zero-order valence-corrected chi connectivity index (χ0v) is 13.1. The summed E-state index contributed by atoms with van der Waals surface area (Å²) in [6.45, 7) is 2.25. The van der Waals surface area contributed by atoms with Crippen molar-refractivity contribution >= 4 is 23.2 Å². The molecule has 22 heavy (non-hydrogen) atoms. The first-order valence-corrected chi connectivity index (χ1v) is 7.79.